The number of hydrogen-bond donors (Lipinski definition) is 1. The molecule has 0 atom stereocenters. The molecule has 0 saturated carbocycles. The molecule has 0 heterocycles. The fourth-order valence-corrected chi connectivity index (χ4v) is 1.40. The molecule has 0 saturated heterocycles. The number of carbonyl (C=O) groups is 1. The highest BCUT2D eigenvalue weighted by Gasteiger charge is 2.32. The lowest BCUT2D eigenvalue weighted by molar-refractivity contribution is -0.140. The quantitative estimate of drug-likeness (QED) is 0.673. The minimum absolute atomic E-state index is 0.0694. The van der Waals surface area contributed by atoms with Gasteiger partial charge in [0.1, 0.15) is 12.4 Å². The second-order valence-electron chi connectivity index (χ2n) is 3.67. The molecular weight excluding hydrogens is 252 g/mol. The van der Waals surface area contributed by atoms with Gasteiger partial charge >= 0.3 is 6.18 Å². The summed E-state index contributed by atoms with van der Waals surface area (Å²) in [6, 6.07) is 3.08. The molecule has 0 aliphatic heterocycles. The molecule has 100 valence electrons. The van der Waals surface area contributed by atoms with E-state index in [9.17, 15) is 22.4 Å². The number of anilines is 1. The zero-order chi connectivity index (χ0) is 13.9. The van der Waals surface area contributed by atoms with Crippen molar-refractivity contribution >= 4 is 11.6 Å². The summed E-state index contributed by atoms with van der Waals surface area (Å²) in [5, 5.41) is 0. The molecule has 1 aromatic carbocycles. The van der Waals surface area contributed by atoms with Crippen molar-refractivity contribution in [3.8, 4) is 0 Å². The molecule has 0 bridgehead atoms. The molecule has 1 amide bonds. The Labute approximate surface area is 101 Å². The van der Waals surface area contributed by atoms with Gasteiger partial charge in [-0.25, -0.2) is 4.39 Å². The normalized spacial score (nSPS) is 11.4. The molecule has 0 radical (unpaired) electrons. The average molecular weight is 264 g/mol. The van der Waals surface area contributed by atoms with Gasteiger partial charge in [0, 0.05) is 12.1 Å². The van der Waals surface area contributed by atoms with Crippen LogP contribution in [0.1, 0.15) is 17.3 Å². The van der Waals surface area contributed by atoms with Gasteiger partial charge in [0.25, 0.3) is 5.91 Å². The first-order chi connectivity index (χ1) is 8.24. The molecule has 18 heavy (non-hydrogen) atoms. The first-order valence-corrected chi connectivity index (χ1v) is 5.15. The van der Waals surface area contributed by atoms with Gasteiger partial charge in [-0.1, -0.05) is 0 Å². The summed E-state index contributed by atoms with van der Waals surface area (Å²) in [5.41, 5.74) is 4.92. The average Bonchev–Trinajstić information content (AvgIpc) is 2.27. The topological polar surface area (TPSA) is 46.3 Å². The zero-order valence-corrected chi connectivity index (χ0v) is 9.59. The summed E-state index contributed by atoms with van der Waals surface area (Å²) in [6.07, 6.45) is -4.47. The second-order valence-corrected chi connectivity index (χ2v) is 3.67. The van der Waals surface area contributed by atoms with Crippen molar-refractivity contribution in [2.45, 2.75) is 13.1 Å². The third-order valence-corrected chi connectivity index (χ3v) is 2.28. The van der Waals surface area contributed by atoms with Crippen LogP contribution < -0.4 is 5.73 Å². The minimum atomic E-state index is -4.47. The van der Waals surface area contributed by atoms with Gasteiger partial charge in [-0.3, -0.25) is 4.79 Å². The molecule has 0 aliphatic rings. The van der Waals surface area contributed by atoms with E-state index < -0.39 is 24.4 Å². The Morgan fingerprint density at radius 1 is 1.39 bits per heavy atom. The number of benzene rings is 1. The first kappa shape index (κ1) is 14.3. The standard InChI is InChI=1S/C11H12F4N2O/c1-2-17(6-11(13,14)15)10(18)7-3-4-8(12)9(16)5-7/h3-5H,2,6,16H2,1H3. The third kappa shape index (κ3) is 3.61. The lowest BCUT2D eigenvalue weighted by Crippen LogP contribution is -2.38. The van der Waals surface area contributed by atoms with Crippen LogP contribution in [0.2, 0.25) is 0 Å². The molecule has 1 rings (SSSR count). The summed E-state index contributed by atoms with van der Waals surface area (Å²) >= 11 is 0. The Bertz CT molecular complexity index is 445. The van der Waals surface area contributed by atoms with E-state index in [1.807, 2.05) is 0 Å². The first-order valence-electron chi connectivity index (χ1n) is 5.15. The van der Waals surface area contributed by atoms with E-state index >= 15 is 0 Å². The highest BCUT2D eigenvalue weighted by Crippen LogP contribution is 2.19. The molecule has 0 fully saturated rings. The van der Waals surface area contributed by atoms with Crippen molar-refractivity contribution in [1.29, 1.82) is 0 Å². The summed E-state index contributed by atoms with van der Waals surface area (Å²) < 4.78 is 49.6. The van der Waals surface area contributed by atoms with Crippen molar-refractivity contribution in [3.05, 3.63) is 29.6 Å². The highest BCUT2D eigenvalue weighted by molar-refractivity contribution is 5.95. The molecule has 7 heteroatoms. The summed E-state index contributed by atoms with van der Waals surface area (Å²) in [5.74, 6) is -1.55. The van der Waals surface area contributed by atoms with Crippen LogP contribution in [0, 0.1) is 5.82 Å². The highest BCUT2D eigenvalue weighted by atomic mass is 19.4. The van der Waals surface area contributed by atoms with Crippen molar-refractivity contribution < 1.29 is 22.4 Å². The molecule has 3 nitrogen and oxygen atoms in total. The Balaban J connectivity index is 2.93. The van der Waals surface area contributed by atoms with E-state index in [-0.39, 0.29) is 17.8 Å². The van der Waals surface area contributed by atoms with Crippen molar-refractivity contribution in [3.63, 3.8) is 0 Å². The number of rotatable bonds is 3. The van der Waals surface area contributed by atoms with Gasteiger partial charge in [0.15, 0.2) is 0 Å². The monoisotopic (exact) mass is 264 g/mol. The molecule has 2 N–H and O–H groups in total. The maximum Gasteiger partial charge on any atom is 0.406 e. The Morgan fingerprint density at radius 2 is 2.00 bits per heavy atom. The number of nitrogens with zero attached hydrogens (tertiary/aromatic N) is 1. The lowest BCUT2D eigenvalue weighted by atomic mass is 10.1. The Morgan fingerprint density at radius 3 is 2.44 bits per heavy atom. The fourth-order valence-electron chi connectivity index (χ4n) is 1.40. The van der Waals surface area contributed by atoms with E-state index in [0.29, 0.717) is 4.90 Å². The van der Waals surface area contributed by atoms with Crippen LogP contribution in [0.4, 0.5) is 23.2 Å². The summed E-state index contributed by atoms with van der Waals surface area (Å²) in [6.45, 7) is -0.0221. The van der Waals surface area contributed by atoms with Crippen LogP contribution in [-0.4, -0.2) is 30.1 Å². The number of carbonyl (C=O) groups excluding carboxylic acids is 1. The number of halogens is 4. The maximum atomic E-state index is 12.9. The summed E-state index contributed by atoms with van der Waals surface area (Å²) in [4.78, 5) is 12.4. The smallest absolute Gasteiger partial charge is 0.396 e. The van der Waals surface area contributed by atoms with Gasteiger partial charge < -0.3 is 10.6 Å². The summed E-state index contributed by atoms with van der Waals surface area (Å²) in [7, 11) is 0. The largest absolute Gasteiger partial charge is 0.406 e. The van der Waals surface area contributed by atoms with Crippen LogP contribution in [0.15, 0.2) is 18.2 Å². The number of nitrogen functional groups attached to an aromatic ring is 1. The van der Waals surface area contributed by atoms with Gasteiger partial charge in [0.2, 0.25) is 0 Å². The molecule has 0 unspecified atom stereocenters. The van der Waals surface area contributed by atoms with E-state index in [0.717, 1.165) is 18.2 Å². The second kappa shape index (κ2) is 5.24. The molecule has 0 spiro atoms. The van der Waals surface area contributed by atoms with E-state index in [1.165, 1.54) is 6.92 Å². The van der Waals surface area contributed by atoms with Crippen LogP contribution in [0.25, 0.3) is 0 Å². The predicted molar refractivity (Wildman–Crippen MR) is 58.4 cm³/mol. The SMILES string of the molecule is CCN(CC(F)(F)F)C(=O)c1ccc(F)c(N)c1. The Hall–Kier alpha value is -1.79. The van der Waals surface area contributed by atoms with E-state index in [2.05, 4.69) is 0 Å². The zero-order valence-electron chi connectivity index (χ0n) is 9.59. The van der Waals surface area contributed by atoms with E-state index in [1.54, 1.807) is 0 Å². The van der Waals surface area contributed by atoms with Gasteiger partial charge in [-0.2, -0.15) is 13.2 Å². The third-order valence-electron chi connectivity index (χ3n) is 2.28. The molecule has 1 aromatic rings. The predicted octanol–water partition coefficient (Wildman–Crippen LogP) is 2.43. The fraction of sp³-hybridized carbons (Fsp3) is 0.364. The minimum Gasteiger partial charge on any atom is -0.396 e. The Kier molecular flexibility index (Phi) is 4.15. The van der Waals surface area contributed by atoms with Crippen LogP contribution >= 0.6 is 0 Å². The molecule has 0 aromatic heterocycles. The van der Waals surface area contributed by atoms with Crippen LogP contribution in [0.3, 0.4) is 0 Å². The van der Waals surface area contributed by atoms with Crippen molar-refractivity contribution in [1.82, 2.24) is 4.90 Å². The van der Waals surface area contributed by atoms with Crippen LogP contribution in [-0.2, 0) is 0 Å². The lowest BCUT2D eigenvalue weighted by Gasteiger charge is -2.22. The van der Waals surface area contributed by atoms with E-state index in [4.69, 9.17) is 5.73 Å². The number of nitrogens with two attached hydrogens (primary N) is 1. The van der Waals surface area contributed by atoms with Crippen LogP contribution in [0.5, 0.6) is 0 Å². The van der Waals surface area contributed by atoms with Gasteiger partial charge in [0.05, 0.1) is 5.69 Å². The molecular formula is C11H12F4N2O. The molecule has 0 aliphatic carbocycles. The van der Waals surface area contributed by atoms with Crippen molar-refractivity contribution in [2.75, 3.05) is 18.8 Å². The number of hydrogen-bond acceptors (Lipinski definition) is 2. The van der Waals surface area contributed by atoms with Gasteiger partial charge in [-0.15, -0.1) is 0 Å². The number of alkyl halides is 3. The van der Waals surface area contributed by atoms with Crippen molar-refractivity contribution in [2.24, 2.45) is 0 Å². The van der Waals surface area contributed by atoms with Gasteiger partial charge in [-0.05, 0) is 25.1 Å². The maximum absolute atomic E-state index is 12.9. The number of amides is 1.